The molecule has 3 rings (SSSR count). The first-order valence-electron chi connectivity index (χ1n) is 5.64. The molecule has 0 bridgehead atoms. The van der Waals surface area contributed by atoms with Gasteiger partial charge in [-0.05, 0) is 34.1 Å². The van der Waals surface area contributed by atoms with Gasteiger partial charge in [0, 0.05) is 16.9 Å². The monoisotopic (exact) mass is 333 g/mol. The number of carboxylic acids is 1. The molecule has 0 aliphatic heterocycles. The second-order valence-electron chi connectivity index (χ2n) is 3.94. The molecule has 3 aromatic rings. The molecule has 100 valence electrons. The highest BCUT2D eigenvalue weighted by molar-refractivity contribution is 9.10. The van der Waals surface area contributed by atoms with E-state index in [0.29, 0.717) is 11.4 Å². The van der Waals surface area contributed by atoms with E-state index in [2.05, 4.69) is 25.9 Å². The van der Waals surface area contributed by atoms with Gasteiger partial charge < -0.3 is 9.84 Å². The summed E-state index contributed by atoms with van der Waals surface area (Å²) in [6.07, 6.45) is 4.72. The Morgan fingerprint density at radius 2 is 2.20 bits per heavy atom. The highest BCUT2D eigenvalue weighted by atomic mass is 79.9. The number of carbonyl (C=O) groups is 1. The van der Waals surface area contributed by atoms with E-state index >= 15 is 0 Å². The number of hydrogen-bond donors (Lipinski definition) is 1. The van der Waals surface area contributed by atoms with Crippen molar-refractivity contribution in [1.29, 1.82) is 0 Å². The average molecular weight is 334 g/mol. The van der Waals surface area contributed by atoms with Crippen LogP contribution in [0.2, 0.25) is 0 Å². The zero-order chi connectivity index (χ0) is 14.1. The number of imidazole rings is 1. The third-order valence-electron chi connectivity index (χ3n) is 2.59. The number of carboxylic acid groups (broad SMARTS) is 1. The van der Waals surface area contributed by atoms with Gasteiger partial charge in [0.1, 0.15) is 11.4 Å². The van der Waals surface area contributed by atoms with Gasteiger partial charge >= 0.3 is 5.97 Å². The predicted molar refractivity (Wildman–Crippen MR) is 74.2 cm³/mol. The Labute approximate surface area is 121 Å². The summed E-state index contributed by atoms with van der Waals surface area (Å²) >= 11 is 3.27. The van der Waals surface area contributed by atoms with Crippen molar-refractivity contribution in [2.24, 2.45) is 0 Å². The van der Waals surface area contributed by atoms with E-state index < -0.39 is 5.97 Å². The van der Waals surface area contributed by atoms with E-state index in [1.165, 1.54) is 10.6 Å². The van der Waals surface area contributed by atoms with Crippen molar-refractivity contribution in [3.63, 3.8) is 0 Å². The van der Waals surface area contributed by atoms with Crippen LogP contribution < -0.4 is 4.74 Å². The van der Waals surface area contributed by atoms with Crippen LogP contribution in [0.5, 0.6) is 11.6 Å². The minimum absolute atomic E-state index is 0.0272. The summed E-state index contributed by atoms with van der Waals surface area (Å²) in [6, 6.07) is 6.89. The minimum Gasteiger partial charge on any atom is -0.476 e. The molecule has 0 aromatic carbocycles. The fourth-order valence-electron chi connectivity index (χ4n) is 1.80. The molecule has 0 atom stereocenters. The summed E-state index contributed by atoms with van der Waals surface area (Å²) in [5, 5.41) is 9.32. The van der Waals surface area contributed by atoms with Gasteiger partial charge in [-0.1, -0.05) is 6.07 Å². The van der Waals surface area contributed by atoms with Crippen LogP contribution in [-0.4, -0.2) is 25.4 Å². The summed E-state index contributed by atoms with van der Waals surface area (Å²) in [4.78, 5) is 19.5. The van der Waals surface area contributed by atoms with Crippen molar-refractivity contribution in [2.45, 2.75) is 0 Å². The zero-order valence-electron chi connectivity index (χ0n) is 10.0. The van der Waals surface area contributed by atoms with Crippen LogP contribution in [0.15, 0.2) is 47.3 Å². The molecule has 7 heteroatoms. The SMILES string of the molecule is O=C(O)c1c(Oc2cncc(Br)c2)nc2ccccn12. The van der Waals surface area contributed by atoms with E-state index in [0.717, 1.165) is 4.47 Å². The van der Waals surface area contributed by atoms with Crippen molar-refractivity contribution in [1.82, 2.24) is 14.4 Å². The lowest BCUT2D eigenvalue weighted by molar-refractivity contribution is 0.0686. The number of fused-ring (bicyclic) bond motifs is 1. The summed E-state index contributed by atoms with van der Waals surface area (Å²) in [6.45, 7) is 0. The van der Waals surface area contributed by atoms with Gasteiger partial charge in [0.2, 0.25) is 0 Å². The minimum atomic E-state index is -1.11. The maximum absolute atomic E-state index is 11.4. The van der Waals surface area contributed by atoms with E-state index in [-0.39, 0.29) is 11.6 Å². The molecule has 1 N–H and O–H groups in total. The number of rotatable bonds is 3. The fourth-order valence-corrected chi connectivity index (χ4v) is 2.14. The first kappa shape index (κ1) is 12.6. The fraction of sp³-hybridized carbons (Fsp3) is 0. The lowest BCUT2D eigenvalue weighted by atomic mass is 10.4. The predicted octanol–water partition coefficient (Wildman–Crippen LogP) is 2.98. The van der Waals surface area contributed by atoms with Crippen LogP contribution in [0.25, 0.3) is 5.65 Å². The van der Waals surface area contributed by atoms with Crippen LogP contribution in [-0.2, 0) is 0 Å². The molecule has 0 unspecified atom stereocenters. The van der Waals surface area contributed by atoms with Crippen molar-refractivity contribution < 1.29 is 14.6 Å². The second-order valence-corrected chi connectivity index (χ2v) is 4.86. The Morgan fingerprint density at radius 3 is 2.95 bits per heavy atom. The molecule has 3 heterocycles. The number of halogens is 1. The van der Waals surface area contributed by atoms with Gasteiger partial charge in [-0.2, -0.15) is 4.98 Å². The smallest absolute Gasteiger partial charge is 0.358 e. The van der Waals surface area contributed by atoms with E-state index in [4.69, 9.17) is 4.74 Å². The van der Waals surface area contributed by atoms with E-state index in [1.54, 1.807) is 36.7 Å². The molecular formula is C13H8BrN3O3. The largest absolute Gasteiger partial charge is 0.476 e. The van der Waals surface area contributed by atoms with Gasteiger partial charge in [0.25, 0.3) is 5.88 Å². The number of hydrogen-bond acceptors (Lipinski definition) is 4. The topological polar surface area (TPSA) is 76.7 Å². The summed E-state index contributed by atoms with van der Waals surface area (Å²) in [7, 11) is 0. The first-order valence-corrected chi connectivity index (χ1v) is 6.43. The highest BCUT2D eigenvalue weighted by Crippen LogP contribution is 2.26. The number of pyridine rings is 2. The molecule has 0 saturated carbocycles. The van der Waals surface area contributed by atoms with Crippen LogP contribution in [0.4, 0.5) is 0 Å². The molecule has 20 heavy (non-hydrogen) atoms. The lowest BCUT2D eigenvalue weighted by Gasteiger charge is -2.03. The van der Waals surface area contributed by atoms with Crippen LogP contribution >= 0.6 is 15.9 Å². The molecule has 3 aromatic heterocycles. The summed E-state index contributed by atoms with van der Waals surface area (Å²) < 4.78 is 7.72. The number of aromatic carboxylic acids is 1. The first-order chi connectivity index (χ1) is 9.65. The Kier molecular flexibility index (Phi) is 3.11. The molecule has 0 fully saturated rings. The lowest BCUT2D eigenvalue weighted by Crippen LogP contribution is -2.03. The van der Waals surface area contributed by atoms with Crippen molar-refractivity contribution in [3.05, 3.63) is 53.0 Å². The number of nitrogens with zero attached hydrogens (tertiary/aromatic N) is 3. The van der Waals surface area contributed by atoms with E-state index in [1.807, 2.05) is 0 Å². The molecular weight excluding hydrogens is 326 g/mol. The molecule has 0 saturated heterocycles. The second kappa shape index (κ2) is 4.93. The summed E-state index contributed by atoms with van der Waals surface area (Å²) in [5.74, 6) is -0.671. The molecule has 0 spiro atoms. The Bertz CT molecular complexity index is 800. The van der Waals surface area contributed by atoms with Gasteiger partial charge in [0.15, 0.2) is 5.69 Å². The Balaban J connectivity index is 2.11. The zero-order valence-corrected chi connectivity index (χ0v) is 11.6. The summed E-state index contributed by atoms with van der Waals surface area (Å²) in [5.41, 5.74) is 0.475. The van der Waals surface area contributed by atoms with Crippen molar-refractivity contribution in [2.75, 3.05) is 0 Å². The number of ether oxygens (including phenoxy) is 1. The van der Waals surface area contributed by atoms with Crippen LogP contribution in [0, 0.1) is 0 Å². The molecule has 0 amide bonds. The van der Waals surface area contributed by atoms with Gasteiger partial charge in [-0.15, -0.1) is 0 Å². The number of aromatic nitrogens is 3. The van der Waals surface area contributed by atoms with Gasteiger partial charge in [0.05, 0.1) is 6.20 Å². The van der Waals surface area contributed by atoms with Gasteiger partial charge in [-0.3, -0.25) is 9.38 Å². The standard InChI is InChI=1S/C13H8BrN3O3/c14-8-5-9(7-15-6-8)20-12-11(13(18)19)17-4-2-1-3-10(17)16-12/h1-7H,(H,18,19). The van der Waals surface area contributed by atoms with Crippen LogP contribution in [0.3, 0.4) is 0 Å². The van der Waals surface area contributed by atoms with Crippen molar-refractivity contribution in [3.8, 4) is 11.6 Å². The van der Waals surface area contributed by atoms with E-state index in [9.17, 15) is 9.90 Å². The molecule has 0 aliphatic rings. The average Bonchev–Trinajstić information content (AvgIpc) is 2.76. The molecule has 0 radical (unpaired) electrons. The quantitative estimate of drug-likeness (QED) is 0.797. The Morgan fingerprint density at radius 1 is 1.35 bits per heavy atom. The normalized spacial score (nSPS) is 10.7. The van der Waals surface area contributed by atoms with Crippen LogP contribution in [0.1, 0.15) is 10.5 Å². The highest BCUT2D eigenvalue weighted by Gasteiger charge is 2.20. The van der Waals surface area contributed by atoms with Gasteiger partial charge in [-0.25, -0.2) is 4.79 Å². The van der Waals surface area contributed by atoms with Crippen molar-refractivity contribution >= 4 is 27.5 Å². The maximum Gasteiger partial charge on any atom is 0.358 e. The molecule has 0 aliphatic carbocycles. The third kappa shape index (κ3) is 2.23. The maximum atomic E-state index is 11.4. The third-order valence-corrected chi connectivity index (χ3v) is 3.03. The Hall–Kier alpha value is -2.41. The molecule has 6 nitrogen and oxygen atoms in total.